The first-order valence-electron chi connectivity index (χ1n) is 7.75. The van der Waals surface area contributed by atoms with Crippen LogP contribution in [0.25, 0.3) is 10.6 Å². The second kappa shape index (κ2) is 7.62. The molecule has 0 saturated heterocycles. The maximum absolute atomic E-state index is 12.2. The van der Waals surface area contributed by atoms with Gasteiger partial charge in [0.1, 0.15) is 5.75 Å². The lowest BCUT2D eigenvalue weighted by atomic mass is 10.1. The number of rotatable bonds is 6. The molecule has 25 heavy (non-hydrogen) atoms. The van der Waals surface area contributed by atoms with Crippen LogP contribution >= 0.6 is 22.7 Å². The van der Waals surface area contributed by atoms with Crippen LogP contribution < -0.4 is 15.8 Å². The zero-order valence-electron chi connectivity index (χ0n) is 13.9. The Hall–Kier alpha value is -2.45. The highest BCUT2D eigenvalue weighted by molar-refractivity contribution is 7.19. The molecule has 3 rings (SSSR count). The van der Waals surface area contributed by atoms with Crippen molar-refractivity contribution < 1.29 is 9.53 Å². The van der Waals surface area contributed by atoms with Crippen LogP contribution in [0.2, 0.25) is 0 Å². The third-order valence-electron chi connectivity index (χ3n) is 3.40. The predicted molar refractivity (Wildman–Crippen MR) is 102 cm³/mol. The number of nitrogens with one attached hydrogen (secondary N) is 1. The van der Waals surface area contributed by atoms with E-state index in [4.69, 9.17) is 10.5 Å². The van der Waals surface area contributed by atoms with Crippen molar-refractivity contribution in [2.75, 3.05) is 17.7 Å². The zero-order chi connectivity index (χ0) is 17.8. The fraction of sp³-hybridized carbons (Fsp3) is 0.235. The Kier molecular flexibility index (Phi) is 5.30. The lowest BCUT2D eigenvalue weighted by Gasteiger charge is -2.05. The smallest absolute Gasteiger partial charge is 0.230 e. The van der Waals surface area contributed by atoms with Gasteiger partial charge in [0.25, 0.3) is 0 Å². The van der Waals surface area contributed by atoms with Crippen molar-refractivity contribution in [2.24, 2.45) is 0 Å². The van der Waals surface area contributed by atoms with E-state index >= 15 is 0 Å². The Morgan fingerprint density at radius 1 is 1.28 bits per heavy atom. The highest BCUT2D eigenvalue weighted by Crippen LogP contribution is 2.33. The summed E-state index contributed by atoms with van der Waals surface area (Å²) >= 11 is 2.78. The van der Waals surface area contributed by atoms with Gasteiger partial charge in [0.2, 0.25) is 5.91 Å². The number of hydrogen-bond acceptors (Lipinski definition) is 7. The molecule has 2 heterocycles. The highest BCUT2D eigenvalue weighted by atomic mass is 32.1. The number of carbonyl (C=O) groups excluding carboxylic acids is 1. The largest absolute Gasteiger partial charge is 0.494 e. The minimum atomic E-state index is -0.109. The molecule has 0 spiro atoms. The number of hydrogen-bond donors (Lipinski definition) is 2. The van der Waals surface area contributed by atoms with Gasteiger partial charge in [-0.05, 0) is 31.5 Å². The second-order valence-electron chi connectivity index (χ2n) is 5.31. The van der Waals surface area contributed by atoms with E-state index in [2.05, 4.69) is 15.3 Å². The summed E-state index contributed by atoms with van der Waals surface area (Å²) in [7, 11) is 0. The summed E-state index contributed by atoms with van der Waals surface area (Å²) in [6, 6.07) is 7.51. The molecule has 3 aromatic rings. The van der Waals surface area contributed by atoms with Crippen LogP contribution in [0.5, 0.6) is 5.75 Å². The first-order chi connectivity index (χ1) is 12.0. The minimum Gasteiger partial charge on any atom is -0.494 e. The summed E-state index contributed by atoms with van der Waals surface area (Å²) < 4.78 is 5.40. The summed E-state index contributed by atoms with van der Waals surface area (Å²) in [6.07, 6.45) is 0.282. The number of benzene rings is 1. The topological polar surface area (TPSA) is 90.1 Å². The van der Waals surface area contributed by atoms with E-state index < -0.39 is 0 Å². The monoisotopic (exact) mass is 374 g/mol. The quantitative estimate of drug-likeness (QED) is 0.686. The molecule has 0 saturated carbocycles. The molecule has 6 nitrogen and oxygen atoms in total. The van der Waals surface area contributed by atoms with E-state index in [-0.39, 0.29) is 12.3 Å². The van der Waals surface area contributed by atoms with Crippen LogP contribution in [0.3, 0.4) is 0 Å². The zero-order valence-corrected chi connectivity index (χ0v) is 15.5. The van der Waals surface area contributed by atoms with E-state index in [9.17, 15) is 4.79 Å². The molecule has 130 valence electrons. The van der Waals surface area contributed by atoms with Crippen LogP contribution in [0.4, 0.5) is 10.3 Å². The van der Waals surface area contributed by atoms with E-state index in [1.165, 1.54) is 22.7 Å². The van der Waals surface area contributed by atoms with Crippen LogP contribution in [-0.4, -0.2) is 22.5 Å². The molecule has 0 aliphatic heterocycles. The summed E-state index contributed by atoms with van der Waals surface area (Å²) in [6.45, 7) is 4.45. The number of carbonyl (C=O) groups is 1. The summed E-state index contributed by atoms with van der Waals surface area (Å²) in [5.41, 5.74) is 8.22. The highest BCUT2D eigenvalue weighted by Gasteiger charge is 2.14. The van der Waals surface area contributed by atoms with Crippen molar-refractivity contribution in [3.05, 3.63) is 40.9 Å². The van der Waals surface area contributed by atoms with Crippen molar-refractivity contribution >= 4 is 38.8 Å². The Bertz CT molecular complexity index is 871. The molecule has 0 unspecified atom stereocenters. The van der Waals surface area contributed by atoms with E-state index in [0.29, 0.717) is 16.9 Å². The Morgan fingerprint density at radius 3 is 2.68 bits per heavy atom. The molecule has 0 radical (unpaired) electrons. The SMILES string of the molecule is CCOc1ccc(CC(=O)Nc2nc(C)c(-c3csc(N)n3)s2)cc1. The van der Waals surface area contributed by atoms with Gasteiger partial charge in [-0.25, -0.2) is 9.97 Å². The molecule has 1 aromatic carbocycles. The van der Waals surface area contributed by atoms with Crippen LogP contribution in [0.15, 0.2) is 29.6 Å². The van der Waals surface area contributed by atoms with Gasteiger partial charge in [-0.3, -0.25) is 4.79 Å². The molecular formula is C17H18N4O2S2. The van der Waals surface area contributed by atoms with Crippen LogP contribution in [-0.2, 0) is 11.2 Å². The van der Waals surface area contributed by atoms with Crippen molar-refractivity contribution in [3.63, 3.8) is 0 Å². The first kappa shape index (κ1) is 17.4. The number of nitrogens with two attached hydrogens (primary N) is 1. The predicted octanol–water partition coefficient (Wildman–Crippen LogP) is 3.74. The van der Waals surface area contributed by atoms with Crippen molar-refractivity contribution in [1.29, 1.82) is 0 Å². The van der Waals surface area contributed by atoms with E-state index in [0.717, 1.165) is 27.6 Å². The maximum atomic E-state index is 12.2. The fourth-order valence-electron chi connectivity index (χ4n) is 2.30. The molecule has 0 bridgehead atoms. The lowest BCUT2D eigenvalue weighted by Crippen LogP contribution is -2.14. The number of ether oxygens (including phenoxy) is 1. The summed E-state index contributed by atoms with van der Waals surface area (Å²) in [5.74, 6) is 0.691. The first-order valence-corrected chi connectivity index (χ1v) is 9.45. The van der Waals surface area contributed by atoms with E-state index in [1.807, 2.05) is 43.5 Å². The number of aryl methyl sites for hydroxylation is 1. The number of thiazole rings is 2. The van der Waals surface area contributed by atoms with Gasteiger partial charge in [-0.15, -0.1) is 11.3 Å². The minimum absolute atomic E-state index is 0.109. The number of anilines is 2. The molecule has 3 N–H and O–H groups in total. The van der Waals surface area contributed by atoms with Crippen molar-refractivity contribution in [2.45, 2.75) is 20.3 Å². The fourth-order valence-corrected chi connectivity index (χ4v) is 3.87. The van der Waals surface area contributed by atoms with Gasteiger partial charge in [-0.2, -0.15) is 0 Å². The van der Waals surface area contributed by atoms with Gasteiger partial charge < -0.3 is 15.8 Å². The summed E-state index contributed by atoms with van der Waals surface area (Å²) in [5, 5.41) is 5.82. The maximum Gasteiger partial charge on any atom is 0.230 e. The van der Waals surface area contributed by atoms with Crippen LogP contribution in [0, 0.1) is 6.92 Å². The molecule has 8 heteroatoms. The van der Waals surface area contributed by atoms with Gasteiger partial charge in [0.15, 0.2) is 10.3 Å². The number of aromatic nitrogens is 2. The lowest BCUT2D eigenvalue weighted by molar-refractivity contribution is -0.115. The molecular weight excluding hydrogens is 356 g/mol. The summed E-state index contributed by atoms with van der Waals surface area (Å²) in [4.78, 5) is 21.8. The molecule has 0 aliphatic carbocycles. The third-order valence-corrected chi connectivity index (χ3v) is 5.17. The number of nitrogens with zero attached hydrogens (tertiary/aromatic N) is 2. The molecule has 2 aromatic heterocycles. The Labute approximate surface area is 153 Å². The molecule has 1 amide bonds. The van der Waals surface area contributed by atoms with E-state index in [1.54, 1.807) is 0 Å². The Morgan fingerprint density at radius 2 is 2.04 bits per heavy atom. The van der Waals surface area contributed by atoms with Gasteiger partial charge in [0.05, 0.1) is 29.3 Å². The average molecular weight is 374 g/mol. The average Bonchev–Trinajstić information content (AvgIpc) is 3.15. The van der Waals surface area contributed by atoms with Crippen LogP contribution in [0.1, 0.15) is 18.2 Å². The normalized spacial score (nSPS) is 10.6. The second-order valence-corrected chi connectivity index (χ2v) is 7.20. The Balaban J connectivity index is 1.65. The van der Waals surface area contributed by atoms with Gasteiger partial charge >= 0.3 is 0 Å². The molecule has 0 aliphatic rings. The third kappa shape index (κ3) is 4.34. The van der Waals surface area contributed by atoms with Crippen molar-refractivity contribution in [3.8, 4) is 16.3 Å². The number of nitrogen functional groups attached to an aromatic ring is 1. The van der Waals surface area contributed by atoms with Crippen molar-refractivity contribution in [1.82, 2.24) is 9.97 Å². The standard InChI is InChI=1S/C17H18N4O2S2/c1-3-23-12-6-4-11(5-7-12)8-14(22)21-17-19-10(2)15(25-17)13-9-24-16(18)20-13/h4-7,9H,3,8H2,1-2H3,(H2,18,20)(H,19,21,22). The molecule has 0 atom stereocenters. The number of amides is 1. The van der Waals surface area contributed by atoms with Gasteiger partial charge in [0, 0.05) is 5.38 Å². The van der Waals surface area contributed by atoms with Gasteiger partial charge in [-0.1, -0.05) is 23.5 Å². The molecule has 0 fully saturated rings.